The minimum absolute atomic E-state index is 0.0348. The van der Waals surface area contributed by atoms with Crippen LogP contribution in [0.1, 0.15) is 42.2 Å². The normalized spacial score (nSPS) is 17.5. The quantitative estimate of drug-likeness (QED) is 0.925. The number of nitrogens with zero attached hydrogens (tertiary/aromatic N) is 3. The molecule has 1 fully saturated rings. The fraction of sp³-hybridized carbons (Fsp3) is 0.444. The molecule has 1 aliphatic rings. The van der Waals surface area contributed by atoms with E-state index in [0.29, 0.717) is 10.6 Å². The molecule has 0 bridgehead atoms. The van der Waals surface area contributed by atoms with E-state index in [9.17, 15) is 4.79 Å². The molecule has 2 aromatic rings. The first-order valence-corrected chi connectivity index (χ1v) is 8.68. The number of nitrogens with one attached hydrogen (secondary N) is 1. The van der Waals surface area contributed by atoms with E-state index in [0.717, 1.165) is 30.9 Å². The smallest absolute Gasteiger partial charge is 0.257 e. The second kappa shape index (κ2) is 6.95. The van der Waals surface area contributed by atoms with E-state index in [-0.39, 0.29) is 17.9 Å². The molecule has 0 saturated carbocycles. The molecule has 1 aromatic carbocycles. The Bertz CT molecular complexity index is 717. The van der Waals surface area contributed by atoms with Gasteiger partial charge in [-0.3, -0.25) is 4.79 Å². The summed E-state index contributed by atoms with van der Waals surface area (Å²) in [6.45, 7) is 5.97. The van der Waals surface area contributed by atoms with Gasteiger partial charge in [0.1, 0.15) is 0 Å². The van der Waals surface area contributed by atoms with Crippen molar-refractivity contribution in [2.45, 2.75) is 32.2 Å². The molecule has 0 radical (unpaired) electrons. The molecule has 1 aliphatic heterocycles. The Labute approximate surface area is 147 Å². The zero-order valence-corrected chi connectivity index (χ0v) is 15.0. The lowest BCUT2D eigenvalue weighted by atomic mass is 10.0. The van der Waals surface area contributed by atoms with Gasteiger partial charge in [-0.2, -0.15) is 5.10 Å². The zero-order valence-electron chi connectivity index (χ0n) is 14.3. The number of halogens is 1. The van der Waals surface area contributed by atoms with Gasteiger partial charge in [-0.1, -0.05) is 25.4 Å². The van der Waals surface area contributed by atoms with Crippen molar-refractivity contribution >= 4 is 17.5 Å². The van der Waals surface area contributed by atoms with Gasteiger partial charge in [0.2, 0.25) is 0 Å². The number of carbonyl (C=O) groups is 1. The lowest BCUT2D eigenvalue weighted by molar-refractivity contribution is 0.0742. The summed E-state index contributed by atoms with van der Waals surface area (Å²) in [6.07, 6.45) is 2.68. The van der Waals surface area contributed by atoms with Crippen molar-refractivity contribution in [1.82, 2.24) is 20.0 Å². The molecular formula is C18H23ClN4O. The van der Waals surface area contributed by atoms with Crippen LogP contribution in [0.5, 0.6) is 0 Å². The van der Waals surface area contributed by atoms with Crippen molar-refractivity contribution in [3.8, 4) is 5.69 Å². The molecule has 1 aromatic heterocycles. The molecule has 128 valence electrons. The highest BCUT2D eigenvalue weighted by molar-refractivity contribution is 6.30. The van der Waals surface area contributed by atoms with Gasteiger partial charge in [0.05, 0.1) is 23.1 Å². The highest BCUT2D eigenvalue weighted by Gasteiger charge is 2.28. The average Bonchev–Trinajstić information content (AvgIpc) is 3.23. The first kappa shape index (κ1) is 17.0. The SMILES string of the molecule is CC(C)c1c(C(=O)N(C)C2CCNC2)cnn1-c1ccc(Cl)cc1. The second-order valence-corrected chi connectivity index (χ2v) is 6.99. The van der Waals surface area contributed by atoms with Gasteiger partial charge >= 0.3 is 0 Å². The van der Waals surface area contributed by atoms with Crippen LogP contribution in [0.25, 0.3) is 5.69 Å². The molecule has 0 aliphatic carbocycles. The van der Waals surface area contributed by atoms with E-state index < -0.39 is 0 Å². The van der Waals surface area contributed by atoms with Crippen LogP contribution in [0.4, 0.5) is 0 Å². The molecule has 1 atom stereocenters. The number of aromatic nitrogens is 2. The lowest BCUT2D eigenvalue weighted by Gasteiger charge is -2.24. The molecule has 1 N–H and O–H groups in total. The van der Waals surface area contributed by atoms with E-state index in [1.54, 1.807) is 6.20 Å². The van der Waals surface area contributed by atoms with Crippen LogP contribution in [-0.4, -0.2) is 46.8 Å². The molecule has 2 heterocycles. The molecule has 3 rings (SSSR count). The summed E-state index contributed by atoms with van der Waals surface area (Å²) >= 11 is 5.97. The van der Waals surface area contributed by atoms with Crippen LogP contribution in [-0.2, 0) is 0 Å². The van der Waals surface area contributed by atoms with E-state index in [1.807, 2.05) is 40.9 Å². The lowest BCUT2D eigenvalue weighted by Crippen LogP contribution is -2.38. The van der Waals surface area contributed by atoms with Crippen molar-refractivity contribution in [2.75, 3.05) is 20.1 Å². The maximum absolute atomic E-state index is 13.0. The number of hydrogen-bond acceptors (Lipinski definition) is 3. The standard InChI is InChI=1S/C18H23ClN4O/c1-12(2)17-16(18(24)22(3)15-8-9-20-10-15)11-21-23(17)14-6-4-13(19)5-7-14/h4-7,11-12,15,20H,8-10H2,1-3H3. The van der Waals surface area contributed by atoms with Crippen molar-refractivity contribution in [3.63, 3.8) is 0 Å². The minimum atomic E-state index is 0.0348. The Balaban J connectivity index is 1.96. The van der Waals surface area contributed by atoms with Crippen molar-refractivity contribution < 1.29 is 4.79 Å². The van der Waals surface area contributed by atoms with Gasteiger partial charge in [-0.05, 0) is 43.1 Å². The second-order valence-electron chi connectivity index (χ2n) is 6.55. The number of rotatable bonds is 4. The maximum atomic E-state index is 13.0. The molecule has 0 spiro atoms. The van der Waals surface area contributed by atoms with Crippen LogP contribution in [0, 0.1) is 0 Å². The summed E-state index contributed by atoms with van der Waals surface area (Å²) in [4.78, 5) is 14.8. The summed E-state index contributed by atoms with van der Waals surface area (Å²) in [5.41, 5.74) is 2.52. The zero-order chi connectivity index (χ0) is 17.3. The fourth-order valence-corrected chi connectivity index (χ4v) is 3.32. The Kier molecular flexibility index (Phi) is 4.92. The van der Waals surface area contributed by atoms with Gasteiger partial charge in [0.25, 0.3) is 5.91 Å². The van der Waals surface area contributed by atoms with Crippen molar-refractivity contribution in [1.29, 1.82) is 0 Å². The third-order valence-corrected chi connectivity index (χ3v) is 4.81. The molecule has 1 unspecified atom stereocenters. The molecule has 24 heavy (non-hydrogen) atoms. The van der Waals surface area contributed by atoms with Crippen LogP contribution in [0.2, 0.25) is 5.02 Å². The van der Waals surface area contributed by atoms with Crippen LogP contribution < -0.4 is 5.32 Å². The molecule has 6 heteroatoms. The van der Waals surface area contributed by atoms with Gasteiger partial charge in [-0.25, -0.2) is 4.68 Å². The molecule has 1 saturated heterocycles. The van der Waals surface area contributed by atoms with E-state index >= 15 is 0 Å². The van der Waals surface area contributed by atoms with Gasteiger partial charge in [0, 0.05) is 24.7 Å². The Hall–Kier alpha value is -1.85. The summed E-state index contributed by atoms with van der Waals surface area (Å²) in [7, 11) is 1.88. The number of amides is 1. The number of benzene rings is 1. The number of hydrogen-bond donors (Lipinski definition) is 1. The highest BCUT2D eigenvalue weighted by Crippen LogP contribution is 2.25. The summed E-state index contributed by atoms with van der Waals surface area (Å²) < 4.78 is 1.84. The summed E-state index contributed by atoms with van der Waals surface area (Å²) in [5, 5.41) is 8.47. The Morgan fingerprint density at radius 2 is 2.08 bits per heavy atom. The first-order chi connectivity index (χ1) is 11.5. The number of carbonyl (C=O) groups excluding carboxylic acids is 1. The first-order valence-electron chi connectivity index (χ1n) is 8.30. The molecule has 5 nitrogen and oxygen atoms in total. The number of likely N-dealkylation sites (N-methyl/N-ethyl adjacent to an activating group) is 1. The van der Waals surface area contributed by atoms with E-state index in [1.165, 1.54) is 0 Å². The summed E-state index contributed by atoms with van der Waals surface area (Å²) in [5.74, 6) is 0.213. The predicted molar refractivity (Wildman–Crippen MR) is 96.0 cm³/mol. The third-order valence-electron chi connectivity index (χ3n) is 4.56. The maximum Gasteiger partial charge on any atom is 0.257 e. The molecular weight excluding hydrogens is 324 g/mol. The largest absolute Gasteiger partial charge is 0.337 e. The topological polar surface area (TPSA) is 50.2 Å². The summed E-state index contributed by atoms with van der Waals surface area (Å²) in [6, 6.07) is 7.75. The third kappa shape index (κ3) is 3.19. The minimum Gasteiger partial charge on any atom is -0.337 e. The average molecular weight is 347 g/mol. The Morgan fingerprint density at radius 1 is 1.38 bits per heavy atom. The van der Waals surface area contributed by atoms with Gasteiger partial charge in [0.15, 0.2) is 0 Å². The predicted octanol–water partition coefficient (Wildman–Crippen LogP) is 3.08. The van der Waals surface area contributed by atoms with Crippen LogP contribution >= 0.6 is 11.6 Å². The van der Waals surface area contributed by atoms with Crippen molar-refractivity contribution in [2.24, 2.45) is 0 Å². The van der Waals surface area contributed by atoms with Crippen LogP contribution in [0.3, 0.4) is 0 Å². The molecule has 1 amide bonds. The highest BCUT2D eigenvalue weighted by atomic mass is 35.5. The van der Waals surface area contributed by atoms with Gasteiger partial charge in [-0.15, -0.1) is 0 Å². The van der Waals surface area contributed by atoms with Crippen LogP contribution in [0.15, 0.2) is 30.5 Å². The fourth-order valence-electron chi connectivity index (χ4n) is 3.19. The van der Waals surface area contributed by atoms with E-state index in [4.69, 9.17) is 11.6 Å². The van der Waals surface area contributed by atoms with E-state index in [2.05, 4.69) is 24.3 Å². The monoisotopic (exact) mass is 346 g/mol. The van der Waals surface area contributed by atoms with Gasteiger partial charge < -0.3 is 10.2 Å². The van der Waals surface area contributed by atoms with Crippen molar-refractivity contribution in [3.05, 3.63) is 46.7 Å². The Morgan fingerprint density at radius 3 is 2.67 bits per heavy atom.